The van der Waals surface area contributed by atoms with Crippen molar-refractivity contribution in [1.82, 2.24) is 25.5 Å². The van der Waals surface area contributed by atoms with Crippen LogP contribution in [-0.2, 0) is 17.8 Å². The molecule has 1 atom stereocenters. The molecule has 10 heteroatoms. The first kappa shape index (κ1) is 26.9. The van der Waals surface area contributed by atoms with Crippen molar-refractivity contribution in [3.63, 3.8) is 0 Å². The molecule has 2 aliphatic rings. The van der Waals surface area contributed by atoms with Crippen molar-refractivity contribution in [2.45, 2.75) is 64.8 Å². The molecule has 3 aromatic rings. The standard InChI is InChI=1S/C29H33F3N6O/c1-16(2)37-26(29(30,31)32)23(12-33)28(39)38-8-6-18-9-19(10-22(24(18)15-38)25-5-4-7-34-25)20-11-21-17(3)13-35-27(21)36-14-20/h9-14,16,25,33-34,37H,4-8,15H2,1-3H3,(H,35,36)/b26-23+,33-12?. The van der Waals surface area contributed by atoms with Gasteiger partial charge in [0.05, 0.1) is 5.57 Å². The fourth-order valence-corrected chi connectivity index (χ4v) is 5.60. The molecule has 0 radical (unpaired) electrons. The monoisotopic (exact) mass is 538 g/mol. The van der Waals surface area contributed by atoms with E-state index in [0.717, 1.165) is 63.8 Å². The fourth-order valence-electron chi connectivity index (χ4n) is 5.60. The van der Waals surface area contributed by atoms with E-state index in [1.807, 2.05) is 19.3 Å². The van der Waals surface area contributed by atoms with E-state index in [1.165, 1.54) is 4.90 Å². The summed E-state index contributed by atoms with van der Waals surface area (Å²) in [5.41, 5.74) is 5.27. The van der Waals surface area contributed by atoms with Gasteiger partial charge in [0.1, 0.15) is 11.3 Å². The normalized spacial score (nSPS) is 18.3. The molecule has 2 aromatic heterocycles. The third-order valence-electron chi connectivity index (χ3n) is 7.53. The minimum absolute atomic E-state index is 0.102. The lowest BCUT2D eigenvalue weighted by molar-refractivity contribution is -0.129. The lowest BCUT2D eigenvalue weighted by Crippen LogP contribution is -2.41. The van der Waals surface area contributed by atoms with Crippen molar-refractivity contribution in [2.75, 3.05) is 13.1 Å². The van der Waals surface area contributed by atoms with Gasteiger partial charge in [-0.2, -0.15) is 13.2 Å². The number of amides is 1. The topological polar surface area (TPSA) is 96.9 Å². The number of carbonyl (C=O) groups excluding carboxylic acids is 1. The van der Waals surface area contributed by atoms with Gasteiger partial charge in [0.25, 0.3) is 5.91 Å². The second-order valence-corrected chi connectivity index (χ2v) is 10.7. The third-order valence-corrected chi connectivity index (χ3v) is 7.53. The fraction of sp³-hybridized carbons (Fsp3) is 0.414. The van der Waals surface area contributed by atoms with Crippen LogP contribution in [0.2, 0.25) is 0 Å². The number of aryl methyl sites for hydroxylation is 1. The Labute approximate surface area is 225 Å². The van der Waals surface area contributed by atoms with E-state index in [1.54, 1.807) is 13.8 Å². The summed E-state index contributed by atoms with van der Waals surface area (Å²) in [7, 11) is 0. The lowest BCUT2D eigenvalue weighted by atomic mass is 9.87. The maximum atomic E-state index is 13.9. The van der Waals surface area contributed by atoms with Crippen LogP contribution in [0, 0.1) is 12.3 Å². The number of benzene rings is 1. The number of fused-ring (bicyclic) bond motifs is 2. The van der Waals surface area contributed by atoms with Crippen molar-refractivity contribution in [3.05, 3.63) is 64.1 Å². The average Bonchev–Trinajstić information content (AvgIpc) is 3.57. The van der Waals surface area contributed by atoms with Crippen LogP contribution in [0.5, 0.6) is 0 Å². The van der Waals surface area contributed by atoms with E-state index in [2.05, 4.69) is 38.8 Å². The zero-order valence-corrected chi connectivity index (χ0v) is 22.3. The molecule has 39 heavy (non-hydrogen) atoms. The van der Waals surface area contributed by atoms with Gasteiger partial charge in [-0.1, -0.05) is 6.07 Å². The summed E-state index contributed by atoms with van der Waals surface area (Å²) in [6.45, 7) is 6.52. The number of pyridine rings is 1. The van der Waals surface area contributed by atoms with Gasteiger partial charge >= 0.3 is 6.18 Å². The van der Waals surface area contributed by atoms with Crippen LogP contribution >= 0.6 is 0 Å². The second-order valence-electron chi connectivity index (χ2n) is 10.7. The van der Waals surface area contributed by atoms with E-state index in [0.29, 0.717) is 12.6 Å². The molecule has 7 nitrogen and oxygen atoms in total. The molecule has 4 heterocycles. The summed E-state index contributed by atoms with van der Waals surface area (Å²) >= 11 is 0. The Hall–Kier alpha value is -3.66. The number of rotatable bonds is 6. The van der Waals surface area contributed by atoms with Gasteiger partial charge in [0.15, 0.2) is 0 Å². The Morgan fingerprint density at radius 3 is 2.72 bits per heavy atom. The van der Waals surface area contributed by atoms with Gasteiger partial charge < -0.3 is 25.9 Å². The van der Waals surface area contributed by atoms with Gasteiger partial charge in [-0.05, 0) is 86.5 Å². The molecule has 1 amide bonds. The van der Waals surface area contributed by atoms with Gasteiger partial charge in [0.2, 0.25) is 0 Å². The molecular formula is C29H33F3N6O. The van der Waals surface area contributed by atoms with Crippen molar-refractivity contribution < 1.29 is 18.0 Å². The Kier molecular flexibility index (Phi) is 7.24. The summed E-state index contributed by atoms with van der Waals surface area (Å²) in [6, 6.07) is 5.94. The highest BCUT2D eigenvalue weighted by molar-refractivity contribution is 6.12. The molecule has 206 valence electrons. The average molecular weight is 539 g/mol. The highest BCUT2D eigenvalue weighted by atomic mass is 19.4. The minimum atomic E-state index is -4.78. The van der Waals surface area contributed by atoms with E-state index in [4.69, 9.17) is 5.41 Å². The number of alkyl halides is 3. The molecule has 4 N–H and O–H groups in total. The first-order valence-corrected chi connectivity index (χ1v) is 13.3. The maximum absolute atomic E-state index is 13.9. The summed E-state index contributed by atoms with van der Waals surface area (Å²) < 4.78 is 41.6. The molecule has 0 saturated carbocycles. The Morgan fingerprint density at radius 1 is 1.26 bits per heavy atom. The third kappa shape index (κ3) is 5.30. The van der Waals surface area contributed by atoms with Crippen LogP contribution in [0.4, 0.5) is 13.2 Å². The molecule has 0 aliphatic carbocycles. The quantitative estimate of drug-likeness (QED) is 0.253. The van der Waals surface area contributed by atoms with Gasteiger partial charge in [-0.3, -0.25) is 4.79 Å². The summed E-state index contributed by atoms with van der Waals surface area (Å²) in [4.78, 5) is 22.6. The molecule has 1 saturated heterocycles. The molecular weight excluding hydrogens is 505 g/mol. The predicted octanol–water partition coefficient (Wildman–Crippen LogP) is 5.31. The summed E-state index contributed by atoms with van der Waals surface area (Å²) in [6.07, 6.45) is 2.01. The molecule has 1 unspecified atom stereocenters. The molecule has 0 bridgehead atoms. The van der Waals surface area contributed by atoms with Crippen LogP contribution < -0.4 is 10.6 Å². The minimum Gasteiger partial charge on any atom is -0.378 e. The van der Waals surface area contributed by atoms with Crippen LogP contribution in [0.3, 0.4) is 0 Å². The van der Waals surface area contributed by atoms with Crippen LogP contribution in [-0.4, -0.2) is 52.3 Å². The largest absolute Gasteiger partial charge is 0.431 e. The first-order chi connectivity index (χ1) is 18.6. The Bertz CT molecular complexity index is 1450. The second kappa shape index (κ2) is 10.5. The van der Waals surface area contributed by atoms with Crippen LogP contribution in [0.15, 0.2) is 41.9 Å². The smallest absolute Gasteiger partial charge is 0.378 e. The SMILES string of the molecule is Cc1c[nH]c2ncc(-c3cc4c(c(C5CCCN5)c3)CN(C(=O)/C(C=N)=C(/NC(C)C)C(F)(F)F)CC4)cc12. The number of H-pyrrole nitrogens is 1. The Morgan fingerprint density at radius 2 is 2.05 bits per heavy atom. The van der Waals surface area contributed by atoms with Crippen molar-refractivity contribution in [1.29, 1.82) is 5.41 Å². The van der Waals surface area contributed by atoms with Gasteiger partial charge in [0, 0.05) is 54.7 Å². The van der Waals surface area contributed by atoms with Crippen molar-refractivity contribution >= 4 is 23.2 Å². The highest BCUT2D eigenvalue weighted by Crippen LogP contribution is 2.37. The van der Waals surface area contributed by atoms with E-state index in [9.17, 15) is 18.0 Å². The Balaban J connectivity index is 1.54. The summed E-state index contributed by atoms with van der Waals surface area (Å²) in [5.74, 6) is -0.789. The van der Waals surface area contributed by atoms with E-state index < -0.39 is 29.4 Å². The molecule has 1 aromatic carbocycles. The highest BCUT2D eigenvalue weighted by Gasteiger charge is 2.40. The number of aromatic amines is 1. The number of halogens is 3. The number of carbonyl (C=O) groups is 1. The zero-order valence-electron chi connectivity index (χ0n) is 22.3. The first-order valence-electron chi connectivity index (χ1n) is 13.3. The molecule has 1 fully saturated rings. The van der Waals surface area contributed by atoms with Crippen molar-refractivity contribution in [3.8, 4) is 11.1 Å². The number of aromatic nitrogens is 2. The summed E-state index contributed by atoms with van der Waals surface area (Å²) in [5, 5.41) is 14.6. The van der Waals surface area contributed by atoms with Crippen molar-refractivity contribution in [2.24, 2.45) is 0 Å². The molecule has 5 rings (SSSR count). The number of nitrogens with one attached hydrogen (secondary N) is 4. The van der Waals surface area contributed by atoms with Gasteiger partial charge in [-0.25, -0.2) is 4.98 Å². The van der Waals surface area contributed by atoms with E-state index >= 15 is 0 Å². The number of nitrogens with zero attached hydrogens (tertiary/aromatic N) is 2. The van der Waals surface area contributed by atoms with E-state index in [-0.39, 0.29) is 19.1 Å². The van der Waals surface area contributed by atoms with Gasteiger partial charge in [-0.15, -0.1) is 0 Å². The molecule has 0 spiro atoms. The van der Waals surface area contributed by atoms with Crippen LogP contribution in [0.1, 0.15) is 55.0 Å². The predicted molar refractivity (Wildman–Crippen MR) is 146 cm³/mol. The number of hydrogen-bond acceptors (Lipinski definition) is 5. The molecule has 2 aliphatic heterocycles. The van der Waals surface area contributed by atoms with Crippen LogP contribution in [0.25, 0.3) is 22.2 Å². The maximum Gasteiger partial charge on any atom is 0.431 e. The number of allylic oxidation sites excluding steroid dienone is 1. The number of hydrogen-bond donors (Lipinski definition) is 4. The zero-order chi connectivity index (χ0) is 27.9. The lowest BCUT2D eigenvalue weighted by Gasteiger charge is -2.33.